The highest BCUT2D eigenvalue weighted by atomic mass is 32.1. The third-order valence-corrected chi connectivity index (χ3v) is 4.81. The molecule has 3 rings (SSSR count). The molecule has 0 unspecified atom stereocenters. The SMILES string of the molecule is Cc1c(C(=O)C=Cc2ccc(N(C)C)cc2)c(=O)[nH]c2sccc12. The van der Waals surface area contributed by atoms with E-state index < -0.39 is 0 Å². The Kier molecular flexibility index (Phi) is 4.36. The van der Waals surface area contributed by atoms with E-state index in [9.17, 15) is 9.59 Å². The Morgan fingerprint density at radius 3 is 2.54 bits per heavy atom. The maximum atomic E-state index is 12.5. The number of aromatic nitrogens is 1. The summed E-state index contributed by atoms with van der Waals surface area (Å²) < 4.78 is 0. The van der Waals surface area contributed by atoms with E-state index in [1.165, 1.54) is 17.4 Å². The van der Waals surface area contributed by atoms with Crippen LogP contribution in [0, 0.1) is 6.92 Å². The molecule has 122 valence electrons. The van der Waals surface area contributed by atoms with Gasteiger partial charge in [-0.15, -0.1) is 11.3 Å². The molecular formula is C19H18N2O2S. The lowest BCUT2D eigenvalue weighted by atomic mass is 10.0. The van der Waals surface area contributed by atoms with Crippen LogP contribution in [0.4, 0.5) is 5.69 Å². The number of pyridine rings is 1. The first-order chi connectivity index (χ1) is 11.5. The Balaban J connectivity index is 1.91. The minimum absolute atomic E-state index is 0.210. The zero-order valence-electron chi connectivity index (χ0n) is 13.8. The average Bonchev–Trinajstić information content (AvgIpc) is 3.01. The lowest BCUT2D eigenvalue weighted by Crippen LogP contribution is -2.18. The molecule has 2 aromatic heterocycles. The van der Waals surface area contributed by atoms with Crippen molar-refractivity contribution in [1.82, 2.24) is 4.98 Å². The van der Waals surface area contributed by atoms with Gasteiger partial charge >= 0.3 is 0 Å². The summed E-state index contributed by atoms with van der Waals surface area (Å²) in [5.74, 6) is -0.279. The van der Waals surface area contributed by atoms with Crippen molar-refractivity contribution in [1.29, 1.82) is 0 Å². The number of rotatable bonds is 4. The maximum absolute atomic E-state index is 12.5. The summed E-state index contributed by atoms with van der Waals surface area (Å²) in [7, 11) is 3.95. The van der Waals surface area contributed by atoms with E-state index >= 15 is 0 Å². The largest absolute Gasteiger partial charge is 0.378 e. The van der Waals surface area contributed by atoms with Gasteiger partial charge in [0.2, 0.25) is 0 Å². The summed E-state index contributed by atoms with van der Waals surface area (Å²) >= 11 is 1.46. The molecule has 1 aromatic carbocycles. The van der Waals surface area contributed by atoms with Crippen LogP contribution < -0.4 is 10.5 Å². The number of aromatic amines is 1. The molecule has 3 aromatic rings. The molecule has 0 saturated heterocycles. The number of hydrogen-bond donors (Lipinski definition) is 1. The lowest BCUT2D eigenvalue weighted by Gasteiger charge is -2.11. The Labute approximate surface area is 144 Å². The van der Waals surface area contributed by atoms with Crippen LogP contribution in [0.3, 0.4) is 0 Å². The zero-order chi connectivity index (χ0) is 17.3. The van der Waals surface area contributed by atoms with Crippen LogP contribution in [-0.4, -0.2) is 24.9 Å². The van der Waals surface area contributed by atoms with Crippen LogP contribution in [0.25, 0.3) is 16.3 Å². The molecule has 1 N–H and O–H groups in total. The number of carbonyl (C=O) groups is 1. The molecule has 2 heterocycles. The third-order valence-electron chi connectivity index (χ3n) is 3.98. The van der Waals surface area contributed by atoms with Gasteiger partial charge in [0, 0.05) is 25.2 Å². The topological polar surface area (TPSA) is 53.2 Å². The minimum Gasteiger partial charge on any atom is -0.378 e. The second-order valence-corrected chi connectivity index (χ2v) is 6.72. The molecule has 0 amide bonds. The van der Waals surface area contributed by atoms with Crippen LogP contribution >= 0.6 is 11.3 Å². The smallest absolute Gasteiger partial charge is 0.260 e. The molecule has 24 heavy (non-hydrogen) atoms. The third kappa shape index (κ3) is 3.03. The average molecular weight is 338 g/mol. The number of aryl methyl sites for hydroxylation is 1. The van der Waals surface area contributed by atoms with Gasteiger partial charge in [0.25, 0.3) is 5.56 Å². The molecule has 5 heteroatoms. The fraction of sp³-hybridized carbons (Fsp3) is 0.158. The first kappa shape index (κ1) is 16.2. The van der Waals surface area contributed by atoms with Gasteiger partial charge in [-0.05, 0) is 47.7 Å². The van der Waals surface area contributed by atoms with E-state index in [0.717, 1.165) is 27.0 Å². The molecule has 0 aliphatic heterocycles. The van der Waals surface area contributed by atoms with Gasteiger partial charge in [0.05, 0.1) is 5.56 Å². The van der Waals surface area contributed by atoms with E-state index in [1.54, 1.807) is 6.08 Å². The quantitative estimate of drug-likeness (QED) is 0.580. The molecule has 4 nitrogen and oxygen atoms in total. The van der Waals surface area contributed by atoms with Gasteiger partial charge in [-0.25, -0.2) is 0 Å². The molecule has 0 spiro atoms. The second kappa shape index (κ2) is 6.45. The van der Waals surface area contributed by atoms with Crippen molar-refractivity contribution < 1.29 is 4.79 Å². The lowest BCUT2D eigenvalue weighted by molar-refractivity contribution is 0.104. The summed E-state index contributed by atoms with van der Waals surface area (Å²) in [6.07, 6.45) is 3.19. The van der Waals surface area contributed by atoms with Gasteiger partial charge in [0.1, 0.15) is 4.83 Å². The van der Waals surface area contributed by atoms with Crippen LogP contribution in [-0.2, 0) is 0 Å². The molecule has 0 aliphatic carbocycles. The van der Waals surface area contributed by atoms with Crippen LogP contribution in [0.1, 0.15) is 21.5 Å². The summed E-state index contributed by atoms with van der Waals surface area (Å²) in [6.45, 7) is 1.82. The van der Waals surface area contributed by atoms with Gasteiger partial charge in [-0.2, -0.15) is 0 Å². The number of benzene rings is 1. The molecule has 0 radical (unpaired) electrons. The summed E-state index contributed by atoms with van der Waals surface area (Å²) in [5, 5.41) is 2.83. The summed E-state index contributed by atoms with van der Waals surface area (Å²) in [5.41, 5.74) is 2.61. The maximum Gasteiger partial charge on any atom is 0.260 e. The monoisotopic (exact) mass is 338 g/mol. The van der Waals surface area contributed by atoms with E-state index in [0.29, 0.717) is 0 Å². The molecule has 0 saturated carbocycles. The van der Waals surface area contributed by atoms with E-state index in [4.69, 9.17) is 0 Å². The number of nitrogens with one attached hydrogen (secondary N) is 1. The molecule has 0 bridgehead atoms. The number of thiophene rings is 1. The summed E-state index contributed by atoms with van der Waals surface area (Å²) in [4.78, 5) is 30.3. The Morgan fingerprint density at radius 1 is 1.17 bits per heavy atom. The Hall–Kier alpha value is -2.66. The van der Waals surface area contributed by atoms with Crippen molar-refractivity contribution in [2.75, 3.05) is 19.0 Å². The first-order valence-electron chi connectivity index (χ1n) is 7.57. The number of ketones is 1. The number of carbonyl (C=O) groups excluding carboxylic acids is 1. The number of fused-ring (bicyclic) bond motifs is 1. The second-order valence-electron chi connectivity index (χ2n) is 5.80. The van der Waals surface area contributed by atoms with Gasteiger partial charge < -0.3 is 9.88 Å². The molecule has 0 fully saturated rings. The predicted octanol–water partition coefficient (Wildman–Crippen LogP) is 3.86. The number of H-pyrrole nitrogens is 1. The summed E-state index contributed by atoms with van der Waals surface area (Å²) in [6, 6.07) is 9.78. The van der Waals surface area contributed by atoms with E-state index in [2.05, 4.69) is 4.98 Å². The van der Waals surface area contributed by atoms with Crippen molar-refractivity contribution in [2.45, 2.75) is 6.92 Å². The standard InChI is InChI=1S/C19H18N2O2S/c1-12-15-10-11-24-19(15)20-18(23)17(12)16(22)9-6-13-4-7-14(8-5-13)21(2)3/h4-11H,1-3H3,(H,20,23). The fourth-order valence-electron chi connectivity index (χ4n) is 2.61. The Morgan fingerprint density at radius 2 is 1.88 bits per heavy atom. The van der Waals surface area contributed by atoms with Gasteiger partial charge in [-0.3, -0.25) is 9.59 Å². The molecular weight excluding hydrogens is 320 g/mol. The highest BCUT2D eigenvalue weighted by Crippen LogP contribution is 2.22. The van der Waals surface area contributed by atoms with Gasteiger partial charge in [0.15, 0.2) is 5.78 Å². The zero-order valence-corrected chi connectivity index (χ0v) is 14.6. The van der Waals surface area contributed by atoms with Crippen LogP contribution in [0.5, 0.6) is 0 Å². The van der Waals surface area contributed by atoms with E-state index in [1.807, 2.05) is 61.6 Å². The molecule has 0 aliphatic rings. The predicted molar refractivity (Wildman–Crippen MR) is 101 cm³/mol. The number of hydrogen-bond acceptors (Lipinski definition) is 4. The molecule has 0 atom stereocenters. The van der Waals surface area contributed by atoms with Crippen molar-refractivity contribution in [3.05, 3.63) is 68.8 Å². The van der Waals surface area contributed by atoms with Crippen molar-refractivity contribution in [3.8, 4) is 0 Å². The highest BCUT2D eigenvalue weighted by Gasteiger charge is 2.15. The van der Waals surface area contributed by atoms with E-state index in [-0.39, 0.29) is 16.9 Å². The normalized spacial score (nSPS) is 11.3. The minimum atomic E-state index is -0.333. The number of allylic oxidation sites excluding steroid dienone is 1. The number of nitrogens with zero attached hydrogens (tertiary/aromatic N) is 1. The van der Waals surface area contributed by atoms with Crippen LogP contribution in [0.2, 0.25) is 0 Å². The van der Waals surface area contributed by atoms with Crippen molar-refractivity contribution >= 4 is 39.1 Å². The number of anilines is 1. The van der Waals surface area contributed by atoms with Crippen molar-refractivity contribution in [2.24, 2.45) is 0 Å². The Bertz CT molecular complexity index is 979. The highest BCUT2D eigenvalue weighted by molar-refractivity contribution is 7.16. The fourth-order valence-corrected chi connectivity index (χ4v) is 3.45. The first-order valence-corrected chi connectivity index (χ1v) is 8.45. The van der Waals surface area contributed by atoms with Crippen LogP contribution in [0.15, 0.2) is 46.6 Å². The van der Waals surface area contributed by atoms with Gasteiger partial charge in [-0.1, -0.05) is 18.2 Å². The van der Waals surface area contributed by atoms with Crippen molar-refractivity contribution in [3.63, 3.8) is 0 Å².